The Morgan fingerprint density at radius 1 is 0.947 bits per heavy atom. The molecule has 2 aromatic carbocycles. The number of hydrogen-bond acceptors (Lipinski definition) is 1. The lowest BCUT2D eigenvalue weighted by Gasteiger charge is -2.25. The molecule has 0 atom stereocenters. The maximum absolute atomic E-state index is 11.9. The van der Waals surface area contributed by atoms with E-state index in [-0.39, 0.29) is 5.91 Å². The number of hydrogen-bond donors (Lipinski definition) is 0. The summed E-state index contributed by atoms with van der Waals surface area (Å²) in [6.45, 7) is 2.23. The summed E-state index contributed by atoms with van der Waals surface area (Å²) >= 11 is 0. The fourth-order valence-electron chi connectivity index (χ4n) is 2.43. The molecule has 0 spiro atoms. The molecule has 0 N–H and O–H groups in total. The van der Waals surface area contributed by atoms with Crippen LogP contribution in [0.25, 0.3) is 12.2 Å². The van der Waals surface area contributed by atoms with E-state index in [4.69, 9.17) is 0 Å². The minimum absolute atomic E-state index is 0.0672. The van der Waals surface area contributed by atoms with Crippen molar-refractivity contribution in [3.05, 3.63) is 65.2 Å². The van der Waals surface area contributed by atoms with E-state index in [1.54, 1.807) is 6.92 Å². The molecular weight excluding hydrogens is 234 g/mol. The SMILES string of the molecule is CC(=O)N1Cc2ccccc2C=Cc2ccccc21. The number of carbonyl (C=O) groups is 1. The van der Waals surface area contributed by atoms with Gasteiger partial charge in [0.2, 0.25) is 5.91 Å². The highest BCUT2D eigenvalue weighted by molar-refractivity contribution is 5.95. The van der Waals surface area contributed by atoms with Gasteiger partial charge in [0.15, 0.2) is 0 Å². The number of amides is 1. The second-order valence-electron chi connectivity index (χ2n) is 4.70. The van der Waals surface area contributed by atoms with Crippen molar-refractivity contribution in [2.45, 2.75) is 13.5 Å². The van der Waals surface area contributed by atoms with Gasteiger partial charge in [0.1, 0.15) is 0 Å². The van der Waals surface area contributed by atoms with E-state index in [1.807, 2.05) is 41.3 Å². The van der Waals surface area contributed by atoms with Crippen LogP contribution in [0, 0.1) is 0 Å². The first-order chi connectivity index (χ1) is 9.25. The lowest BCUT2D eigenvalue weighted by molar-refractivity contribution is -0.116. The molecule has 0 aromatic heterocycles. The van der Waals surface area contributed by atoms with Crippen molar-refractivity contribution in [2.24, 2.45) is 0 Å². The Hall–Kier alpha value is -2.35. The molecule has 1 aliphatic heterocycles. The summed E-state index contributed by atoms with van der Waals surface area (Å²) in [5.74, 6) is 0.0672. The third-order valence-corrected chi connectivity index (χ3v) is 3.43. The van der Waals surface area contributed by atoms with Gasteiger partial charge < -0.3 is 4.90 Å². The third kappa shape index (κ3) is 2.17. The minimum atomic E-state index is 0.0672. The molecule has 0 aliphatic carbocycles. The predicted octanol–water partition coefficient (Wildman–Crippen LogP) is 3.72. The Labute approximate surface area is 113 Å². The molecule has 94 valence electrons. The van der Waals surface area contributed by atoms with Gasteiger partial charge in [-0.25, -0.2) is 0 Å². The Bertz CT molecular complexity index is 658. The van der Waals surface area contributed by atoms with Crippen LogP contribution in [0.3, 0.4) is 0 Å². The van der Waals surface area contributed by atoms with Gasteiger partial charge in [-0.15, -0.1) is 0 Å². The van der Waals surface area contributed by atoms with Crippen molar-refractivity contribution in [1.29, 1.82) is 0 Å². The molecule has 0 fully saturated rings. The standard InChI is InChI=1S/C17H15NO/c1-13(19)18-12-16-8-3-2-6-14(16)10-11-15-7-4-5-9-17(15)18/h2-11H,12H2,1H3. The van der Waals surface area contributed by atoms with Gasteiger partial charge in [0, 0.05) is 6.92 Å². The van der Waals surface area contributed by atoms with Crippen LogP contribution in [0.2, 0.25) is 0 Å². The Morgan fingerprint density at radius 3 is 2.37 bits per heavy atom. The molecule has 1 amide bonds. The van der Waals surface area contributed by atoms with Crippen LogP contribution in [0.4, 0.5) is 5.69 Å². The molecule has 2 heteroatoms. The largest absolute Gasteiger partial charge is 0.308 e. The zero-order chi connectivity index (χ0) is 13.2. The van der Waals surface area contributed by atoms with E-state index in [1.165, 1.54) is 11.1 Å². The van der Waals surface area contributed by atoms with Crippen LogP contribution in [0.5, 0.6) is 0 Å². The lowest BCUT2D eigenvalue weighted by atomic mass is 10.0. The number of anilines is 1. The summed E-state index contributed by atoms with van der Waals surface area (Å²) in [5.41, 5.74) is 4.39. The summed E-state index contributed by atoms with van der Waals surface area (Å²) in [6, 6.07) is 16.2. The van der Waals surface area contributed by atoms with Crippen LogP contribution in [-0.4, -0.2) is 5.91 Å². The summed E-state index contributed by atoms with van der Waals surface area (Å²) in [7, 11) is 0. The average molecular weight is 249 g/mol. The average Bonchev–Trinajstić information content (AvgIpc) is 2.41. The molecule has 0 saturated heterocycles. The first-order valence-corrected chi connectivity index (χ1v) is 6.39. The van der Waals surface area contributed by atoms with E-state index >= 15 is 0 Å². The van der Waals surface area contributed by atoms with Crippen LogP contribution >= 0.6 is 0 Å². The monoisotopic (exact) mass is 249 g/mol. The summed E-state index contributed by atoms with van der Waals surface area (Å²) in [5, 5.41) is 0. The smallest absolute Gasteiger partial charge is 0.224 e. The molecule has 2 aromatic rings. The van der Waals surface area contributed by atoms with Crippen LogP contribution in [0.1, 0.15) is 23.6 Å². The van der Waals surface area contributed by atoms with Gasteiger partial charge in [-0.2, -0.15) is 0 Å². The quantitative estimate of drug-likeness (QED) is 0.696. The van der Waals surface area contributed by atoms with E-state index in [0.29, 0.717) is 6.54 Å². The highest BCUT2D eigenvalue weighted by Crippen LogP contribution is 2.28. The zero-order valence-corrected chi connectivity index (χ0v) is 10.8. The molecule has 19 heavy (non-hydrogen) atoms. The van der Waals surface area contributed by atoms with E-state index < -0.39 is 0 Å². The van der Waals surface area contributed by atoms with Crippen LogP contribution in [-0.2, 0) is 11.3 Å². The van der Waals surface area contributed by atoms with Gasteiger partial charge >= 0.3 is 0 Å². The maximum Gasteiger partial charge on any atom is 0.224 e. The summed E-state index contributed by atoms with van der Waals surface area (Å²) in [4.78, 5) is 13.8. The molecule has 1 heterocycles. The van der Waals surface area contributed by atoms with Gasteiger partial charge in [-0.1, -0.05) is 54.6 Å². The van der Waals surface area contributed by atoms with Crippen molar-refractivity contribution < 1.29 is 4.79 Å². The number of carbonyl (C=O) groups excluding carboxylic acids is 1. The highest BCUT2D eigenvalue weighted by atomic mass is 16.2. The third-order valence-electron chi connectivity index (χ3n) is 3.43. The Kier molecular flexibility index (Phi) is 2.92. The number of para-hydroxylation sites is 1. The number of benzene rings is 2. The fraction of sp³-hybridized carbons (Fsp3) is 0.118. The summed E-state index contributed by atoms with van der Waals surface area (Å²) < 4.78 is 0. The normalized spacial score (nSPS) is 13.2. The molecule has 0 radical (unpaired) electrons. The van der Waals surface area contributed by atoms with Crippen molar-refractivity contribution >= 4 is 23.7 Å². The van der Waals surface area contributed by atoms with Gasteiger partial charge in [-0.05, 0) is 22.8 Å². The topological polar surface area (TPSA) is 20.3 Å². The molecule has 2 nitrogen and oxygen atoms in total. The molecule has 0 bridgehead atoms. The second kappa shape index (κ2) is 4.73. The first-order valence-electron chi connectivity index (χ1n) is 6.39. The van der Waals surface area contributed by atoms with Crippen molar-refractivity contribution in [2.75, 3.05) is 4.90 Å². The van der Waals surface area contributed by atoms with Gasteiger partial charge in [0.05, 0.1) is 12.2 Å². The number of rotatable bonds is 0. The molecule has 1 aliphatic rings. The summed E-state index contributed by atoms with van der Waals surface area (Å²) in [6.07, 6.45) is 4.19. The Morgan fingerprint density at radius 2 is 1.58 bits per heavy atom. The van der Waals surface area contributed by atoms with Crippen molar-refractivity contribution in [3.8, 4) is 0 Å². The predicted molar refractivity (Wildman–Crippen MR) is 78.7 cm³/mol. The molecule has 3 rings (SSSR count). The van der Waals surface area contributed by atoms with E-state index in [9.17, 15) is 4.79 Å². The molecule has 0 saturated carbocycles. The first kappa shape index (κ1) is 11.7. The van der Waals surface area contributed by atoms with E-state index in [2.05, 4.69) is 24.3 Å². The van der Waals surface area contributed by atoms with Gasteiger partial charge in [0.25, 0.3) is 0 Å². The molecule has 0 unspecified atom stereocenters. The highest BCUT2D eigenvalue weighted by Gasteiger charge is 2.17. The lowest BCUT2D eigenvalue weighted by Crippen LogP contribution is -2.29. The number of fused-ring (bicyclic) bond motifs is 2. The van der Waals surface area contributed by atoms with Crippen molar-refractivity contribution in [1.82, 2.24) is 0 Å². The minimum Gasteiger partial charge on any atom is -0.308 e. The molecular formula is C17H15NO. The zero-order valence-electron chi connectivity index (χ0n) is 10.8. The van der Waals surface area contributed by atoms with Crippen LogP contribution in [0.15, 0.2) is 48.5 Å². The second-order valence-corrected chi connectivity index (χ2v) is 4.70. The number of nitrogens with zero attached hydrogens (tertiary/aromatic N) is 1. The maximum atomic E-state index is 11.9. The Balaban J connectivity index is 2.19. The van der Waals surface area contributed by atoms with Crippen LogP contribution < -0.4 is 4.90 Å². The van der Waals surface area contributed by atoms with E-state index in [0.717, 1.165) is 11.3 Å². The van der Waals surface area contributed by atoms with Crippen molar-refractivity contribution in [3.63, 3.8) is 0 Å². The fourth-order valence-corrected chi connectivity index (χ4v) is 2.43. The van der Waals surface area contributed by atoms with Gasteiger partial charge in [-0.3, -0.25) is 4.79 Å².